The van der Waals surface area contributed by atoms with Crippen molar-refractivity contribution in [1.82, 2.24) is 15.5 Å². The van der Waals surface area contributed by atoms with E-state index in [1.807, 2.05) is 57.4 Å². The van der Waals surface area contributed by atoms with E-state index in [0.29, 0.717) is 32.4 Å². The fraction of sp³-hybridized carbons (Fsp3) is 0.625. The quantitative estimate of drug-likeness (QED) is 0.495. The van der Waals surface area contributed by atoms with Crippen LogP contribution in [0.3, 0.4) is 0 Å². The topological polar surface area (TPSA) is 105 Å². The van der Waals surface area contributed by atoms with Crippen molar-refractivity contribution in [2.45, 2.75) is 58.2 Å². The molecule has 1 aromatic rings. The summed E-state index contributed by atoms with van der Waals surface area (Å²) in [5, 5.41) is 5.97. The molecule has 2 rings (SSSR count). The smallest absolute Gasteiger partial charge is 0.243 e. The molecule has 7 nitrogen and oxygen atoms in total. The Kier molecular flexibility index (Phi) is 10.5. The molecule has 0 aromatic heterocycles. The van der Waals surface area contributed by atoms with Crippen LogP contribution in [0.5, 0.6) is 0 Å². The fourth-order valence-electron chi connectivity index (χ4n) is 3.90. The first kappa shape index (κ1) is 26.2. The van der Waals surface area contributed by atoms with E-state index in [9.17, 15) is 14.4 Å². The number of benzene rings is 1. The van der Waals surface area contributed by atoms with Crippen LogP contribution >= 0.6 is 11.8 Å². The number of carbonyl (C=O) groups is 3. The van der Waals surface area contributed by atoms with Gasteiger partial charge in [0.25, 0.3) is 0 Å². The van der Waals surface area contributed by atoms with Gasteiger partial charge >= 0.3 is 0 Å². The number of hydrogen-bond donors (Lipinski definition) is 3. The zero-order chi connectivity index (χ0) is 23.7. The number of amides is 3. The average molecular weight is 463 g/mol. The first-order valence-corrected chi connectivity index (χ1v) is 12.8. The largest absolute Gasteiger partial charge is 0.348 e. The maximum atomic E-state index is 12.9. The van der Waals surface area contributed by atoms with Gasteiger partial charge in [0.15, 0.2) is 0 Å². The summed E-state index contributed by atoms with van der Waals surface area (Å²) in [4.78, 5) is 40.1. The molecular formula is C24H38N4O3S. The van der Waals surface area contributed by atoms with Crippen LogP contribution in [0.2, 0.25) is 0 Å². The van der Waals surface area contributed by atoms with Gasteiger partial charge in [0.1, 0.15) is 6.04 Å². The van der Waals surface area contributed by atoms with Gasteiger partial charge in [0, 0.05) is 19.0 Å². The highest BCUT2D eigenvalue weighted by molar-refractivity contribution is 7.98. The molecule has 1 aliphatic heterocycles. The summed E-state index contributed by atoms with van der Waals surface area (Å²) in [7, 11) is 0. The molecule has 1 aliphatic rings. The number of nitrogens with zero attached hydrogens (tertiary/aromatic N) is 1. The Balaban J connectivity index is 1.88. The number of likely N-dealkylation sites (tertiary alicyclic amines) is 1. The summed E-state index contributed by atoms with van der Waals surface area (Å²) in [6.07, 6.45) is 3.82. The summed E-state index contributed by atoms with van der Waals surface area (Å²) in [5.41, 5.74) is 7.03. The van der Waals surface area contributed by atoms with Crippen LogP contribution in [0.15, 0.2) is 30.3 Å². The Morgan fingerprint density at radius 1 is 1.09 bits per heavy atom. The van der Waals surface area contributed by atoms with Gasteiger partial charge in [-0.05, 0) is 49.7 Å². The Morgan fingerprint density at radius 2 is 1.72 bits per heavy atom. The van der Waals surface area contributed by atoms with E-state index in [0.717, 1.165) is 11.3 Å². The van der Waals surface area contributed by atoms with Gasteiger partial charge < -0.3 is 21.3 Å². The molecule has 3 amide bonds. The minimum Gasteiger partial charge on any atom is -0.348 e. The van der Waals surface area contributed by atoms with Crippen LogP contribution in [0.1, 0.15) is 51.6 Å². The highest BCUT2D eigenvalue weighted by Crippen LogP contribution is 2.20. The van der Waals surface area contributed by atoms with Crippen LogP contribution in [-0.4, -0.2) is 59.8 Å². The molecule has 0 bridgehead atoms. The summed E-state index contributed by atoms with van der Waals surface area (Å²) in [6, 6.07) is 8.52. The molecule has 32 heavy (non-hydrogen) atoms. The number of piperidine rings is 1. The lowest BCUT2D eigenvalue weighted by molar-refractivity contribution is -0.137. The summed E-state index contributed by atoms with van der Waals surface area (Å²) in [6.45, 7) is 6.83. The number of nitrogens with one attached hydrogen (secondary N) is 2. The molecule has 1 fully saturated rings. The highest BCUT2D eigenvalue weighted by Gasteiger charge is 2.32. The molecule has 1 heterocycles. The van der Waals surface area contributed by atoms with Crippen LogP contribution in [0.25, 0.3) is 0 Å². The summed E-state index contributed by atoms with van der Waals surface area (Å²) >= 11 is 1.67. The lowest BCUT2D eigenvalue weighted by Gasteiger charge is -2.34. The van der Waals surface area contributed by atoms with Gasteiger partial charge in [-0.15, -0.1) is 0 Å². The predicted octanol–water partition coefficient (Wildman–Crippen LogP) is 2.32. The molecular weight excluding hydrogens is 424 g/mol. The van der Waals surface area contributed by atoms with Gasteiger partial charge in [0.05, 0.1) is 12.1 Å². The molecule has 0 unspecified atom stereocenters. The van der Waals surface area contributed by atoms with Crippen LogP contribution in [0, 0.1) is 11.8 Å². The number of thioether (sulfide) groups is 1. The van der Waals surface area contributed by atoms with E-state index in [2.05, 4.69) is 10.6 Å². The van der Waals surface area contributed by atoms with Crippen molar-refractivity contribution >= 4 is 29.5 Å². The Hall–Kier alpha value is -2.06. The van der Waals surface area contributed by atoms with Crippen LogP contribution in [0.4, 0.5) is 0 Å². The number of rotatable bonds is 10. The van der Waals surface area contributed by atoms with Crippen molar-refractivity contribution in [2.24, 2.45) is 17.6 Å². The van der Waals surface area contributed by atoms with E-state index in [1.54, 1.807) is 16.7 Å². The van der Waals surface area contributed by atoms with Gasteiger partial charge in [0.2, 0.25) is 17.7 Å². The van der Waals surface area contributed by atoms with Gasteiger partial charge in [-0.25, -0.2) is 0 Å². The van der Waals surface area contributed by atoms with E-state index >= 15 is 0 Å². The first-order valence-electron chi connectivity index (χ1n) is 11.4. The maximum Gasteiger partial charge on any atom is 0.243 e. The molecule has 0 spiro atoms. The van der Waals surface area contributed by atoms with Crippen molar-refractivity contribution in [3.63, 3.8) is 0 Å². The number of hydrogen-bond acceptors (Lipinski definition) is 5. The molecule has 0 radical (unpaired) electrons. The monoisotopic (exact) mass is 462 g/mol. The molecule has 178 valence electrons. The number of nitrogens with two attached hydrogens (primary N) is 1. The minimum atomic E-state index is -0.603. The van der Waals surface area contributed by atoms with E-state index in [4.69, 9.17) is 5.73 Å². The maximum absolute atomic E-state index is 12.9. The van der Waals surface area contributed by atoms with Gasteiger partial charge in [-0.2, -0.15) is 11.8 Å². The van der Waals surface area contributed by atoms with E-state index < -0.39 is 12.1 Å². The zero-order valence-corrected chi connectivity index (χ0v) is 20.5. The molecule has 1 aromatic carbocycles. The second-order valence-electron chi connectivity index (χ2n) is 8.86. The molecule has 1 saturated heterocycles. The summed E-state index contributed by atoms with van der Waals surface area (Å²) < 4.78 is 0. The Labute approximate surface area is 196 Å². The van der Waals surface area contributed by atoms with Gasteiger partial charge in [-0.3, -0.25) is 14.4 Å². The molecule has 0 saturated carbocycles. The van der Waals surface area contributed by atoms with Crippen LogP contribution < -0.4 is 16.4 Å². The Morgan fingerprint density at radius 3 is 2.28 bits per heavy atom. The second-order valence-corrected chi connectivity index (χ2v) is 9.84. The zero-order valence-electron chi connectivity index (χ0n) is 19.7. The van der Waals surface area contributed by atoms with Gasteiger partial charge in [-0.1, -0.05) is 44.2 Å². The summed E-state index contributed by atoms with van der Waals surface area (Å²) in [5.74, 6) is 0.266. The minimum absolute atomic E-state index is 0.0350. The van der Waals surface area contributed by atoms with Crippen molar-refractivity contribution in [1.29, 1.82) is 0 Å². The van der Waals surface area contributed by atoms with E-state index in [-0.39, 0.29) is 35.6 Å². The Bertz CT molecular complexity index is 751. The van der Waals surface area contributed by atoms with Crippen molar-refractivity contribution < 1.29 is 14.4 Å². The lowest BCUT2D eigenvalue weighted by Crippen LogP contribution is -2.53. The SMILES string of the molecule is CSCC[C@H](N)C(=O)N1CCC(C(=O)N[C@H](C(=O)N[C@@H](C)c2ccccc2)C(C)C)CC1. The standard InChI is InChI=1S/C24H38N4O3S/c1-16(2)21(23(30)26-17(3)18-8-6-5-7-9-18)27-22(29)19-10-13-28(14-11-19)24(31)20(25)12-15-32-4/h5-9,16-17,19-21H,10-15,25H2,1-4H3,(H,26,30)(H,27,29)/t17-,20-,21-/m0/s1. The third kappa shape index (κ3) is 7.52. The third-order valence-electron chi connectivity index (χ3n) is 6.03. The average Bonchev–Trinajstić information content (AvgIpc) is 2.80. The molecule has 0 aliphatic carbocycles. The molecule has 4 N–H and O–H groups in total. The van der Waals surface area contributed by atoms with Crippen molar-refractivity contribution in [3.05, 3.63) is 35.9 Å². The molecule has 8 heteroatoms. The van der Waals surface area contributed by atoms with Crippen molar-refractivity contribution in [3.8, 4) is 0 Å². The fourth-order valence-corrected chi connectivity index (χ4v) is 4.39. The van der Waals surface area contributed by atoms with Crippen LogP contribution in [-0.2, 0) is 14.4 Å². The lowest BCUT2D eigenvalue weighted by atomic mass is 9.93. The second kappa shape index (κ2) is 12.8. The number of carbonyl (C=O) groups excluding carboxylic acids is 3. The normalized spacial score (nSPS) is 17.5. The highest BCUT2D eigenvalue weighted by atomic mass is 32.2. The third-order valence-corrected chi connectivity index (χ3v) is 6.68. The molecule has 3 atom stereocenters. The van der Waals surface area contributed by atoms with Crippen molar-refractivity contribution in [2.75, 3.05) is 25.1 Å². The predicted molar refractivity (Wildman–Crippen MR) is 130 cm³/mol. The first-order chi connectivity index (χ1) is 15.2. The van der Waals surface area contributed by atoms with E-state index in [1.165, 1.54) is 0 Å².